The summed E-state index contributed by atoms with van der Waals surface area (Å²) in [5.74, 6) is 0.402. The van der Waals surface area contributed by atoms with Gasteiger partial charge in [0.25, 0.3) is 0 Å². The minimum absolute atomic E-state index is 0.0111. The minimum Gasteiger partial charge on any atom is -0.395 e. The van der Waals surface area contributed by atoms with Crippen molar-refractivity contribution < 1.29 is 9.63 Å². The van der Waals surface area contributed by atoms with Gasteiger partial charge in [0.1, 0.15) is 0 Å². The van der Waals surface area contributed by atoms with Gasteiger partial charge in [-0.1, -0.05) is 28.4 Å². The van der Waals surface area contributed by atoms with Crippen LogP contribution < -0.4 is 4.90 Å². The molecule has 0 aliphatic carbocycles. The quantitative estimate of drug-likeness (QED) is 0.936. The van der Waals surface area contributed by atoms with Crippen LogP contribution in [0.3, 0.4) is 0 Å². The monoisotopic (exact) mass is 287 g/mol. The third-order valence-corrected chi connectivity index (χ3v) is 2.73. The number of aliphatic hydroxyl groups excluding tert-OH is 1. The highest BCUT2D eigenvalue weighted by Crippen LogP contribution is 2.26. The predicted molar refractivity (Wildman–Crippen MR) is 70.1 cm³/mol. The van der Waals surface area contributed by atoms with Crippen LogP contribution in [0, 0.1) is 0 Å². The van der Waals surface area contributed by atoms with Gasteiger partial charge in [-0.25, -0.2) is 0 Å². The lowest BCUT2D eigenvalue weighted by Crippen LogP contribution is -2.21. The Morgan fingerprint density at radius 3 is 2.56 bits per heavy atom. The van der Waals surface area contributed by atoms with E-state index in [9.17, 15) is 0 Å². The lowest BCUT2D eigenvalue weighted by Gasteiger charge is -2.10. The molecule has 0 radical (unpaired) electrons. The Kier molecular flexibility index (Phi) is 4.06. The maximum Gasteiger partial charge on any atom is 0.324 e. The average molecular weight is 288 g/mol. The molecule has 0 amide bonds. The van der Waals surface area contributed by atoms with Gasteiger partial charge in [0, 0.05) is 29.2 Å². The fourth-order valence-electron chi connectivity index (χ4n) is 1.42. The molecule has 7 heteroatoms. The number of hydrogen-bond donors (Lipinski definition) is 1. The summed E-state index contributed by atoms with van der Waals surface area (Å²) in [6, 6.07) is 5.36. The van der Waals surface area contributed by atoms with Gasteiger partial charge in [-0.15, -0.1) is 0 Å². The van der Waals surface area contributed by atoms with Crippen molar-refractivity contribution in [3.05, 3.63) is 28.2 Å². The molecule has 0 fully saturated rings. The van der Waals surface area contributed by atoms with Crippen LogP contribution in [0.5, 0.6) is 0 Å². The van der Waals surface area contributed by atoms with E-state index in [4.69, 9.17) is 32.8 Å². The van der Waals surface area contributed by atoms with Crippen molar-refractivity contribution in [2.75, 3.05) is 25.1 Å². The van der Waals surface area contributed by atoms with Crippen LogP contribution in [0.2, 0.25) is 10.0 Å². The van der Waals surface area contributed by atoms with E-state index in [2.05, 4.69) is 10.1 Å². The van der Waals surface area contributed by atoms with E-state index < -0.39 is 0 Å². The molecule has 0 saturated carbocycles. The van der Waals surface area contributed by atoms with E-state index in [0.717, 1.165) is 0 Å². The van der Waals surface area contributed by atoms with Gasteiger partial charge in [-0.05, 0) is 18.2 Å². The number of benzene rings is 1. The molecule has 5 nitrogen and oxygen atoms in total. The molecule has 2 aromatic rings. The van der Waals surface area contributed by atoms with E-state index in [0.29, 0.717) is 34.0 Å². The standard InChI is InChI=1S/C11H11Cl2N3O2/c1-16(2-3-17)11-14-10(15-18-11)7-4-8(12)6-9(13)5-7/h4-6,17H,2-3H2,1H3. The third-order valence-electron chi connectivity index (χ3n) is 2.30. The van der Waals surface area contributed by atoms with Gasteiger partial charge in [0.15, 0.2) is 0 Å². The first-order chi connectivity index (χ1) is 8.60. The number of aliphatic hydroxyl groups is 1. The Bertz CT molecular complexity index is 525. The Labute approximate surface area is 114 Å². The lowest BCUT2D eigenvalue weighted by atomic mass is 10.2. The van der Waals surface area contributed by atoms with E-state index in [-0.39, 0.29) is 6.61 Å². The van der Waals surface area contributed by atoms with Crippen molar-refractivity contribution in [2.45, 2.75) is 0 Å². The largest absolute Gasteiger partial charge is 0.395 e. The van der Waals surface area contributed by atoms with Crippen molar-refractivity contribution in [1.29, 1.82) is 0 Å². The molecule has 1 aromatic carbocycles. The summed E-state index contributed by atoms with van der Waals surface area (Å²) in [6.45, 7) is 0.426. The van der Waals surface area contributed by atoms with Crippen molar-refractivity contribution >= 4 is 29.2 Å². The third kappa shape index (κ3) is 2.93. The SMILES string of the molecule is CN(CCO)c1nc(-c2cc(Cl)cc(Cl)c2)no1. The smallest absolute Gasteiger partial charge is 0.324 e. The maximum atomic E-state index is 8.83. The molecule has 0 atom stereocenters. The van der Waals surface area contributed by atoms with Gasteiger partial charge in [0.2, 0.25) is 5.82 Å². The number of aromatic nitrogens is 2. The molecule has 1 N–H and O–H groups in total. The van der Waals surface area contributed by atoms with Crippen molar-refractivity contribution in [1.82, 2.24) is 10.1 Å². The molecule has 1 heterocycles. The van der Waals surface area contributed by atoms with Crippen molar-refractivity contribution in [3.8, 4) is 11.4 Å². The van der Waals surface area contributed by atoms with Crippen LogP contribution in [-0.4, -0.2) is 35.4 Å². The average Bonchev–Trinajstić information content (AvgIpc) is 2.77. The molecule has 1 aromatic heterocycles. The van der Waals surface area contributed by atoms with Crippen LogP contribution >= 0.6 is 23.2 Å². The summed E-state index contributed by atoms with van der Waals surface area (Å²) in [4.78, 5) is 5.86. The number of hydrogen-bond acceptors (Lipinski definition) is 5. The summed E-state index contributed by atoms with van der Waals surface area (Å²) in [7, 11) is 1.75. The molecule has 96 valence electrons. The Morgan fingerprint density at radius 2 is 1.94 bits per heavy atom. The molecular weight excluding hydrogens is 277 g/mol. The second-order valence-electron chi connectivity index (χ2n) is 3.70. The molecule has 0 aliphatic rings. The number of nitrogens with zero attached hydrogens (tertiary/aromatic N) is 3. The first kappa shape index (κ1) is 13.1. The number of halogens is 2. The van der Waals surface area contributed by atoms with Crippen molar-refractivity contribution in [3.63, 3.8) is 0 Å². The van der Waals surface area contributed by atoms with Crippen LogP contribution in [0.1, 0.15) is 0 Å². The Balaban J connectivity index is 2.29. The summed E-state index contributed by atoms with van der Waals surface area (Å²) < 4.78 is 5.08. The van der Waals surface area contributed by atoms with Gasteiger partial charge in [-0.3, -0.25) is 0 Å². The van der Waals surface area contributed by atoms with Gasteiger partial charge < -0.3 is 14.5 Å². The highest BCUT2D eigenvalue weighted by Gasteiger charge is 2.12. The number of likely N-dealkylation sites (N-methyl/N-ethyl adjacent to an activating group) is 1. The molecule has 0 bridgehead atoms. The maximum absolute atomic E-state index is 8.83. The van der Waals surface area contributed by atoms with E-state index in [1.807, 2.05) is 0 Å². The summed E-state index contributed by atoms with van der Waals surface area (Å²) >= 11 is 11.8. The summed E-state index contributed by atoms with van der Waals surface area (Å²) in [5.41, 5.74) is 0.680. The molecular formula is C11H11Cl2N3O2. The van der Waals surface area contributed by atoms with Gasteiger partial charge >= 0.3 is 6.01 Å². The predicted octanol–water partition coefficient (Wildman–Crippen LogP) is 2.47. The van der Waals surface area contributed by atoms with Crippen molar-refractivity contribution in [2.24, 2.45) is 0 Å². The van der Waals surface area contributed by atoms with Crippen LogP contribution in [0.25, 0.3) is 11.4 Å². The van der Waals surface area contributed by atoms with E-state index in [1.165, 1.54) is 0 Å². The Hall–Kier alpha value is -1.30. The molecule has 0 saturated heterocycles. The number of rotatable bonds is 4. The first-order valence-electron chi connectivity index (χ1n) is 5.22. The normalized spacial score (nSPS) is 10.7. The highest BCUT2D eigenvalue weighted by molar-refractivity contribution is 6.35. The second kappa shape index (κ2) is 5.56. The van der Waals surface area contributed by atoms with E-state index in [1.54, 1.807) is 30.1 Å². The van der Waals surface area contributed by atoms with Gasteiger partial charge in [0.05, 0.1) is 6.61 Å². The van der Waals surface area contributed by atoms with Crippen LogP contribution in [0.15, 0.2) is 22.7 Å². The molecule has 2 rings (SSSR count). The highest BCUT2D eigenvalue weighted by atomic mass is 35.5. The molecule has 0 spiro atoms. The van der Waals surface area contributed by atoms with E-state index >= 15 is 0 Å². The topological polar surface area (TPSA) is 62.4 Å². The molecule has 18 heavy (non-hydrogen) atoms. The second-order valence-corrected chi connectivity index (χ2v) is 4.58. The zero-order valence-electron chi connectivity index (χ0n) is 9.60. The molecule has 0 aliphatic heterocycles. The van der Waals surface area contributed by atoms with Crippen LogP contribution in [0.4, 0.5) is 6.01 Å². The zero-order chi connectivity index (χ0) is 13.1. The first-order valence-corrected chi connectivity index (χ1v) is 5.98. The number of anilines is 1. The minimum atomic E-state index is 0.0111. The fourth-order valence-corrected chi connectivity index (χ4v) is 1.94. The summed E-state index contributed by atoms with van der Waals surface area (Å²) in [5, 5.41) is 13.7. The summed E-state index contributed by atoms with van der Waals surface area (Å²) in [6.07, 6.45) is 0. The van der Waals surface area contributed by atoms with Gasteiger partial charge in [-0.2, -0.15) is 4.98 Å². The zero-order valence-corrected chi connectivity index (χ0v) is 11.1. The fraction of sp³-hybridized carbons (Fsp3) is 0.273. The molecule has 0 unspecified atom stereocenters. The Morgan fingerprint density at radius 1 is 1.28 bits per heavy atom. The lowest BCUT2D eigenvalue weighted by molar-refractivity contribution is 0.299. The van der Waals surface area contributed by atoms with Crippen LogP contribution in [-0.2, 0) is 0 Å².